The molecule has 0 aromatic heterocycles. The van der Waals surface area contributed by atoms with Crippen molar-refractivity contribution in [3.63, 3.8) is 0 Å². The Labute approximate surface area is 178 Å². The second kappa shape index (κ2) is 6.63. The van der Waals surface area contributed by atoms with Gasteiger partial charge in [-0.1, -0.05) is 33.8 Å². The predicted octanol–water partition coefficient (Wildman–Crippen LogP) is 3.02. The second-order valence-electron chi connectivity index (χ2n) is 10.9. The van der Waals surface area contributed by atoms with Crippen molar-refractivity contribution in [1.29, 1.82) is 0 Å². The third-order valence-corrected chi connectivity index (χ3v) is 9.01. The van der Waals surface area contributed by atoms with Gasteiger partial charge in [-0.25, -0.2) is 0 Å². The molecule has 5 rings (SSSR count). The first-order valence-electron chi connectivity index (χ1n) is 11.6. The van der Waals surface area contributed by atoms with Crippen molar-refractivity contribution in [1.82, 2.24) is 0 Å². The van der Waals surface area contributed by atoms with E-state index in [1.807, 2.05) is 0 Å². The van der Waals surface area contributed by atoms with Gasteiger partial charge in [-0.2, -0.15) is 0 Å². The van der Waals surface area contributed by atoms with Crippen LogP contribution in [0.1, 0.15) is 59.3 Å². The van der Waals surface area contributed by atoms with Crippen LogP contribution in [0.25, 0.3) is 0 Å². The molecule has 0 unspecified atom stereocenters. The summed E-state index contributed by atoms with van der Waals surface area (Å²) in [6.45, 7) is 11.5. The fourth-order valence-corrected chi connectivity index (χ4v) is 7.80. The summed E-state index contributed by atoms with van der Waals surface area (Å²) in [5.41, 5.74) is -1.57. The molecular formula is C24H34O6. The van der Waals surface area contributed by atoms with E-state index >= 15 is 0 Å². The van der Waals surface area contributed by atoms with E-state index in [1.54, 1.807) is 0 Å². The number of unbranched alkanes of at least 4 members (excludes halogenated alkanes) is 1. The maximum Gasteiger partial charge on any atom is 0.320 e. The van der Waals surface area contributed by atoms with Crippen LogP contribution in [0.5, 0.6) is 0 Å². The number of aliphatic hydroxyl groups excluding tert-OH is 1. The molecule has 6 nitrogen and oxygen atoms in total. The Hall–Kier alpha value is -1.24. The monoisotopic (exact) mass is 418 g/mol. The zero-order chi connectivity index (χ0) is 21.5. The number of carbonyl (C=O) groups excluding carboxylic acids is 2. The molecule has 2 aliphatic heterocycles. The lowest BCUT2D eigenvalue weighted by molar-refractivity contribution is -0.253. The highest BCUT2D eigenvalue weighted by Gasteiger charge is 2.79. The largest absolute Gasteiger partial charge is 0.461 e. The summed E-state index contributed by atoms with van der Waals surface area (Å²) in [6.07, 6.45) is 2.96. The van der Waals surface area contributed by atoms with Crippen LogP contribution >= 0.6 is 0 Å². The smallest absolute Gasteiger partial charge is 0.320 e. The number of Topliss-reactive ketones (excluding diaryl/α,β-unsaturated/α-hetero) is 1. The van der Waals surface area contributed by atoms with Crippen molar-refractivity contribution in [2.75, 3.05) is 13.2 Å². The molecular weight excluding hydrogens is 384 g/mol. The highest BCUT2D eigenvalue weighted by molar-refractivity contribution is 6.15. The summed E-state index contributed by atoms with van der Waals surface area (Å²) in [4.78, 5) is 26.8. The van der Waals surface area contributed by atoms with E-state index in [0.29, 0.717) is 31.6 Å². The van der Waals surface area contributed by atoms with E-state index in [9.17, 15) is 14.7 Å². The minimum atomic E-state index is -1.32. The SMILES string of the molecule is C=C1C(=O)[C@]23C[C@H]1C[C@H](O)[C@H]2[C@]12CO[C@H](OCCCC)[C@@H]1C(C)(C)CC[C@@H]2OC3=O. The summed E-state index contributed by atoms with van der Waals surface area (Å²) in [6, 6.07) is 0. The Balaban J connectivity index is 1.63. The fraction of sp³-hybridized carbons (Fsp3) is 0.833. The first-order valence-corrected chi connectivity index (χ1v) is 11.6. The normalized spacial score (nSPS) is 48.7. The van der Waals surface area contributed by atoms with Gasteiger partial charge in [0.1, 0.15) is 11.5 Å². The third kappa shape index (κ3) is 2.36. The molecule has 2 spiro atoms. The van der Waals surface area contributed by atoms with E-state index in [4.69, 9.17) is 14.2 Å². The first kappa shape index (κ1) is 20.7. The predicted molar refractivity (Wildman–Crippen MR) is 108 cm³/mol. The number of carbonyl (C=O) groups is 2. The van der Waals surface area contributed by atoms with Gasteiger partial charge in [0.25, 0.3) is 0 Å². The Morgan fingerprint density at radius 3 is 2.77 bits per heavy atom. The molecule has 166 valence electrons. The number of hydrogen-bond donors (Lipinski definition) is 1. The molecule has 2 bridgehead atoms. The van der Waals surface area contributed by atoms with Crippen molar-refractivity contribution in [2.45, 2.75) is 77.8 Å². The minimum absolute atomic E-state index is 0.0524. The summed E-state index contributed by atoms with van der Waals surface area (Å²) < 4.78 is 18.6. The summed E-state index contributed by atoms with van der Waals surface area (Å²) >= 11 is 0. The minimum Gasteiger partial charge on any atom is -0.461 e. The lowest BCUT2D eigenvalue weighted by Gasteiger charge is -2.62. The third-order valence-electron chi connectivity index (χ3n) is 9.01. The molecule has 30 heavy (non-hydrogen) atoms. The first-order chi connectivity index (χ1) is 14.2. The van der Waals surface area contributed by atoms with Crippen LogP contribution in [0.2, 0.25) is 0 Å². The number of ether oxygens (including phenoxy) is 3. The van der Waals surface area contributed by atoms with E-state index < -0.39 is 35.1 Å². The van der Waals surface area contributed by atoms with Crippen molar-refractivity contribution < 1.29 is 28.9 Å². The molecule has 0 aromatic carbocycles. The number of rotatable bonds is 4. The van der Waals surface area contributed by atoms with Gasteiger partial charge in [-0.15, -0.1) is 0 Å². The van der Waals surface area contributed by atoms with Crippen LogP contribution in [0, 0.1) is 34.0 Å². The highest BCUT2D eigenvalue weighted by Crippen LogP contribution is 2.71. The number of hydrogen-bond acceptors (Lipinski definition) is 6. The van der Waals surface area contributed by atoms with Gasteiger partial charge >= 0.3 is 5.97 Å². The van der Waals surface area contributed by atoms with Crippen LogP contribution < -0.4 is 0 Å². The molecule has 2 saturated heterocycles. The molecule has 3 saturated carbocycles. The molecule has 1 N–H and O–H groups in total. The van der Waals surface area contributed by atoms with Gasteiger partial charge in [0.15, 0.2) is 12.1 Å². The van der Waals surface area contributed by atoms with Gasteiger partial charge in [0.05, 0.1) is 12.7 Å². The van der Waals surface area contributed by atoms with E-state index in [-0.39, 0.29) is 29.1 Å². The zero-order valence-corrected chi connectivity index (χ0v) is 18.3. The van der Waals surface area contributed by atoms with E-state index in [0.717, 1.165) is 25.7 Å². The summed E-state index contributed by atoms with van der Waals surface area (Å²) in [5, 5.41) is 11.4. The average molecular weight is 419 g/mol. The number of allylic oxidation sites excluding steroid dienone is 1. The maximum atomic E-state index is 13.4. The van der Waals surface area contributed by atoms with Gasteiger partial charge in [0.2, 0.25) is 0 Å². The van der Waals surface area contributed by atoms with E-state index in [1.165, 1.54) is 0 Å². The molecule has 5 aliphatic rings. The van der Waals surface area contributed by atoms with Crippen LogP contribution in [0.4, 0.5) is 0 Å². The number of ketones is 1. The average Bonchev–Trinajstić information content (AvgIpc) is 3.16. The van der Waals surface area contributed by atoms with Crippen LogP contribution in [0.15, 0.2) is 12.2 Å². The molecule has 2 heterocycles. The van der Waals surface area contributed by atoms with Crippen molar-refractivity contribution >= 4 is 11.8 Å². The molecule has 0 amide bonds. The number of fused-ring (bicyclic) bond motifs is 1. The quantitative estimate of drug-likeness (QED) is 0.327. The molecule has 8 atom stereocenters. The van der Waals surface area contributed by atoms with Crippen molar-refractivity contribution in [3.05, 3.63) is 12.2 Å². The molecule has 0 radical (unpaired) electrons. The summed E-state index contributed by atoms with van der Waals surface area (Å²) in [7, 11) is 0. The van der Waals surface area contributed by atoms with Gasteiger partial charge in [-0.3, -0.25) is 9.59 Å². The highest BCUT2D eigenvalue weighted by atomic mass is 16.7. The fourth-order valence-electron chi connectivity index (χ4n) is 7.80. The van der Waals surface area contributed by atoms with Crippen molar-refractivity contribution in [3.8, 4) is 0 Å². The Morgan fingerprint density at radius 2 is 2.03 bits per heavy atom. The second-order valence-corrected chi connectivity index (χ2v) is 10.9. The Morgan fingerprint density at radius 1 is 1.27 bits per heavy atom. The lowest BCUT2D eigenvalue weighted by atomic mass is 9.43. The Kier molecular flexibility index (Phi) is 4.56. The van der Waals surface area contributed by atoms with Crippen molar-refractivity contribution in [2.24, 2.45) is 34.0 Å². The molecule has 3 aliphatic carbocycles. The van der Waals surface area contributed by atoms with Gasteiger partial charge < -0.3 is 19.3 Å². The van der Waals surface area contributed by atoms with Crippen LogP contribution in [-0.2, 0) is 23.8 Å². The van der Waals surface area contributed by atoms with E-state index in [2.05, 4.69) is 27.4 Å². The zero-order valence-electron chi connectivity index (χ0n) is 18.3. The number of esters is 1. The summed E-state index contributed by atoms with van der Waals surface area (Å²) in [5.74, 6) is -1.38. The van der Waals surface area contributed by atoms with Gasteiger partial charge in [-0.05, 0) is 49.0 Å². The maximum absolute atomic E-state index is 13.4. The molecule has 0 aromatic rings. The van der Waals surface area contributed by atoms with Gasteiger partial charge in [0, 0.05) is 23.9 Å². The standard InChI is InChI=1S/C24H34O6/c1-5-6-9-28-20-18-22(3,4)8-7-16-24(18,12-29-20)17-15(25)10-14-11-23(17,21(27)30-16)19(26)13(14)2/h14-18,20,25H,2,5-12H2,1,3-4H3/t14-,15+,16+,17-,18-,20+,23+,24-/m1/s1. The molecule has 5 fully saturated rings. The van der Waals surface area contributed by atoms with Crippen LogP contribution in [0.3, 0.4) is 0 Å². The Bertz CT molecular complexity index is 789. The number of aliphatic hydroxyl groups is 1. The van der Waals surface area contributed by atoms with Crippen LogP contribution in [-0.4, -0.2) is 48.6 Å². The topological polar surface area (TPSA) is 82.1 Å². The molecule has 6 heteroatoms. The lowest BCUT2D eigenvalue weighted by Crippen LogP contribution is -2.70.